The van der Waals surface area contributed by atoms with Gasteiger partial charge in [0.15, 0.2) is 28.8 Å². The molecule has 3 aromatic rings. The van der Waals surface area contributed by atoms with Gasteiger partial charge in [0.25, 0.3) is 0 Å². The van der Waals surface area contributed by atoms with Crippen LogP contribution in [0.2, 0.25) is 0 Å². The van der Waals surface area contributed by atoms with E-state index >= 15 is 0 Å². The van der Waals surface area contributed by atoms with E-state index in [-0.39, 0.29) is 12.5 Å². The summed E-state index contributed by atoms with van der Waals surface area (Å²) in [5, 5.41) is 0.375. The van der Waals surface area contributed by atoms with Crippen LogP contribution in [0.1, 0.15) is 11.3 Å². The lowest BCUT2D eigenvalue weighted by molar-refractivity contribution is 0.174. The number of ether oxygens (including phenoxy) is 4. The van der Waals surface area contributed by atoms with Crippen LogP contribution in [0.3, 0.4) is 0 Å². The van der Waals surface area contributed by atoms with Gasteiger partial charge in [-0.15, -0.1) is 0 Å². The van der Waals surface area contributed by atoms with Crippen molar-refractivity contribution in [3.8, 4) is 23.0 Å². The smallest absolute Gasteiger partial charge is 0.322 e. The average molecular weight is 375 g/mol. The molecule has 0 spiro atoms. The number of hydrogen-bond acceptors (Lipinski definition) is 7. The molecule has 3 heterocycles. The van der Waals surface area contributed by atoms with Crippen LogP contribution in [-0.2, 0) is 16.9 Å². The molecule has 1 aliphatic rings. The van der Waals surface area contributed by atoms with E-state index in [1.54, 1.807) is 32.5 Å². The van der Waals surface area contributed by atoms with Crippen molar-refractivity contribution >= 4 is 22.2 Å². The Morgan fingerprint density at radius 1 is 1.23 bits per heavy atom. The van der Waals surface area contributed by atoms with E-state index in [4.69, 9.17) is 18.9 Å². The summed E-state index contributed by atoms with van der Waals surface area (Å²) < 4.78 is 34.1. The number of H-pyrrole nitrogens is 1. The van der Waals surface area contributed by atoms with E-state index < -0.39 is 11.2 Å². The number of imidazole rings is 1. The standard InChI is InChI=1S/C17H17N3O5S/c1-9-12(18-6-15(22-2)16(9)23-3)7-26(21)17-19-10-4-13-14(25-8-24-13)5-11(10)20-17/h4-6H,7-8H2,1-3H3,(H,19,20). The van der Waals surface area contributed by atoms with Crippen LogP contribution >= 0.6 is 0 Å². The summed E-state index contributed by atoms with van der Waals surface area (Å²) in [5.74, 6) is 2.62. The maximum Gasteiger partial charge on any atom is 0.322 e. The molecule has 136 valence electrons. The molecule has 1 aromatic carbocycles. The van der Waals surface area contributed by atoms with Crippen LogP contribution in [-0.4, -0.2) is 40.5 Å². The van der Waals surface area contributed by atoms with Crippen molar-refractivity contribution in [1.82, 2.24) is 15.0 Å². The normalized spacial score (nSPS) is 13.8. The molecule has 0 saturated carbocycles. The van der Waals surface area contributed by atoms with Crippen LogP contribution in [0, 0.1) is 6.92 Å². The van der Waals surface area contributed by atoms with Crippen molar-refractivity contribution < 1.29 is 23.5 Å². The second-order valence-corrected chi connectivity index (χ2v) is 7.05. The van der Waals surface area contributed by atoms with Crippen LogP contribution in [0.5, 0.6) is 23.0 Å². The van der Waals surface area contributed by atoms with Crippen molar-refractivity contribution in [2.24, 2.45) is 0 Å². The highest BCUT2D eigenvalue weighted by Crippen LogP contribution is 2.36. The summed E-state index contributed by atoms with van der Waals surface area (Å²) in [6.07, 6.45) is 1.57. The molecule has 4 rings (SSSR count). The topological polar surface area (TPSA) is 102 Å². The minimum absolute atomic E-state index is 0.199. The highest BCUT2D eigenvalue weighted by Gasteiger charge is 2.23. The van der Waals surface area contributed by atoms with Gasteiger partial charge in [-0.3, -0.25) is 9.97 Å². The third-order valence-electron chi connectivity index (χ3n) is 4.20. The highest BCUT2D eigenvalue weighted by molar-refractivity contribution is 7.90. The summed E-state index contributed by atoms with van der Waals surface area (Å²) in [6.45, 7) is 2.06. The van der Waals surface area contributed by atoms with E-state index in [2.05, 4.69) is 15.0 Å². The molecular weight excluding hydrogens is 358 g/mol. The molecule has 1 atom stereocenters. The molecule has 2 aromatic heterocycles. The maximum atomic E-state index is 12.8. The fourth-order valence-corrected chi connectivity index (χ4v) is 3.93. The van der Waals surface area contributed by atoms with E-state index in [1.165, 1.54) is 0 Å². The van der Waals surface area contributed by atoms with Gasteiger partial charge >= 0.3 is 5.16 Å². The molecule has 8 nitrogen and oxygen atoms in total. The molecule has 9 heteroatoms. The molecule has 0 fully saturated rings. The Morgan fingerprint density at radius 3 is 2.73 bits per heavy atom. The largest absolute Gasteiger partial charge is 0.609 e. The molecule has 0 radical (unpaired) electrons. The van der Waals surface area contributed by atoms with E-state index in [0.717, 1.165) is 11.1 Å². The van der Waals surface area contributed by atoms with Crippen LogP contribution in [0.25, 0.3) is 11.0 Å². The van der Waals surface area contributed by atoms with Crippen molar-refractivity contribution in [1.29, 1.82) is 0 Å². The SMILES string of the molecule is COc1cnc(C[S+]([O-])c2nc3cc4c(cc3[nH]2)OCO4)c(C)c1OC. The number of nitrogens with one attached hydrogen (secondary N) is 1. The zero-order valence-corrected chi connectivity index (χ0v) is 15.3. The Kier molecular flexibility index (Phi) is 4.25. The van der Waals surface area contributed by atoms with Gasteiger partial charge in [-0.1, -0.05) is 0 Å². The van der Waals surface area contributed by atoms with Gasteiger partial charge in [-0.05, 0) is 6.92 Å². The van der Waals surface area contributed by atoms with E-state index in [1.807, 2.05) is 6.92 Å². The van der Waals surface area contributed by atoms with Crippen molar-refractivity contribution in [3.63, 3.8) is 0 Å². The number of fused-ring (bicyclic) bond motifs is 2. The fraction of sp³-hybridized carbons (Fsp3) is 0.294. The van der Waals surface area contributed by atoms with E-state index in [9.17, 15) is 4.55 Å². The van der Waals surface area contributed by atoms with Gasteiger partial charge in [0.05, 0.1) is 37.1 Å². The van der Waals surface area contributed by atoms with Gasteiger partial charge in [-0.25, -0.2) is 0 Å². The number of aromatic nitrogens is 3. The Balaban J connectivity index is 1.62. The first-order chi connectivity index (χ1) is 12.6. The van der Waals surface area contributed by atoms with Gasteiger partial charge < -0.3 is 23.5 Å². The zero-order valence-electron chi connectivity index (χ0n) is 14.5. The molecule has 1 N–H and O–H groups in total. The molecule has 26 heavy (non-hydrogen) atoms. The number of benzene rings is 1. The van der Waals surface area contributed by atoms with Crippen LogP contribution in [0.4, 0.5) is 0 Å². The van der Waals surface area contributed by atoms with Gasteiger partial charge in [-0.2, -0.15) is 4.98 Å². The number of aromatic amines is 1. The number of methoxy groups -OCH3 is 2. The van der Waals surface area contributed by atoms with Crippen LogP contribution < -0.4 is 18.9 Å². The quantitative estimate of drug-likeness (QED) is 0.683. The first-order valence-corrected chi connectivity index (χ1v) is 9.16. The summed E-state index contributed by atoms with van der Waals surface area (Å²) in [5.41, 5.74) is 2.87. The fourth-order valence-electron chi connectivity index (χ4n) is 2.83. The molecule has 0 aliphatic carbocycles. The lowest BCUT2D eigenvalue weighted by atomic mass is 10.2. The Bertz CT molecular complexity index is 934. The summed E-state index contributed by atoms with van der Waals surface area (Å²) >= 11 is -1.40. The first-order valence-electron chi connectivity index (χ1n) is 7.85. The summed E-state index contributed by atoms with van der Waals surface area (Å²) in [6, 6.07) is 3.57. The lowest BCUT2D eigenvalue weighted by Gasteiger charge is -2.14. The second-order valence-electron chi connectivity index (χ2n) is 5.69. The molecule has 0 bridgehead atoms. The number of pyridine rings is 1. The predicted molar refractivity (Wildman–Crippen MR) is 94.4 cm³/mol. The van der Waals surface area contributed by atoms with Gasteiger partial charge in [0.2, 0.25) is 6.79 Å². The minimum Gasteiger partial charge on any atom is -0.609 e. The lowest BCUT2D eigenvalue weighted by Crippen LogP contribution is -2.10. The zero-order chi connectivity index (χ0) is 18.3. The predicted octanol–water partition coefficient (Wildman–Crippen LogP) is 2.32. The molecule has 1 aliphatic heterocycles. The van der Waals surface area contributed by atoms with Crippen molar-refractivity contribution in [2.75, 3.05) is 21.0 Å². The third-order valence-corrected chi connectivity index (χ3v) is 5.36. The monoisotopic (exact) mass is 375 g/mol. The first kappa shape index (κ1) is 16.8. The van der Waals surface area contributed by atoms with Gasteiger partial charge in [0, 0.05) is 28.9 Å². The molecule has 1 unspecified atom stereocenters. The van der Waals surface area contributed by atoms with E-state index in [0.29, 0.717) is 39.4 Å². The average Bonchev–Trinajstić information content (AvgIpc) is 3.26. The second kappa shape index (κ2) is 6.58. The third kappa shape index (κ3) is 2.78. The molecule has 0 amide bonds. The van der Waals surface area contributed by atoms with Crippen molar-refractivity contribution in [3.05, 3.63) is 29.6 Å². The van der Waals surface area contributed by atoms with Gasteiger partial charge in [0.1, 0.15) is 0 Å². The number of hydrogen-bond donors (Lipinski definition) is 1. The highest BCUT2D eigenvalue weighted by atomic mass is 32.2. The molecular formula is C17H17N3O5S. The van der Waals surface area contributed by atoms with Crippen LogP contribution in [0.15, 0.2) is 23.5 Å². The minimum atomic E-state index is -1.40. The summed E-state index contributed by atoms with van der Waals surface area (Å²) in [4.78, 5) is 11.9. The number of nitrogens with zero attached hydrogens (tertiary/aromatic N) is 2. The Morgan fingerprint density at radius 2 is 2.00 bits per heavy atom. The molecule has 0 saturated heterocycles. The summed E-state index contributed by atoms with van der Waals surface area (Å²) in [7, 11) is 3.12. The number of rotatable bonds is 5. The maximum absolute atomic E-state index is 12.8. The Hall–Kier alpha value is -2.65. The Labute approximate surface area is 152 Å². The van der Waals surface area contributed by atoms with Crippen molar-refractivity contribution in [2.45, 2.75) is 17.8 Å².